The van der Waals surface area contributed by atoms with Crippen LogP contribution in [0.25, 0.3) is 0 Å². The first-order chi connectivity index (χ1) is 11.8. The average molecular weight is 356 g/mol. The van der Waals surface area contributed by atoms with Gasteiger partial charge in [-0.1, -0.05) is 43.6 Å². The van der Waals surface area contributed by atoms with Gasteiger partial charge in [-0.15, -0.1) is 0 Å². The van der Waals surface area contributed by atoms with Gasteiger partial charge in [0.2, 0.25) is 0 Å². The van der Waals surface area contributed by atoms with Gasteiger partial charge >= 0.3 is 0 Å². The molecule has 138 valence electrons. The van der Waals surface area contributed by atoms with E-state index >= 15 is 0 Å². The number of ether oxygens (including phenoxy) is 2. The third-order valence-corrected chi connectivity index (χ3v) is 5.45. The summed E-state index contributed by atoms with van der Waals surface area (Å²) < 4.78 is 16.7. The van der Waals surface area contributed by atoms with E-state index in [0.717, 1.165) is 13.0 Å². The van der Waals surface area contributed by atoms with Gasteiger partial charge in [-0.05, 0) is 32.1 Å². The molecular weight excluding hydrogens is 323 g/mol. The van der Waals surface area contributed by atoms with Gasteiger partial charge in [0.05, 0.1) is 31.5 Å². The fourth-order valence-electron chi connectivity index (χ4n) is 3.67. The van der Waals surface area contributed by atoms with Crippen LogP contribution in [0.2, 0.25) is 0 Å². The molecule has 5 heteroatoms. The highest BCUT2D eigenvalue weighted by Gasteiger charge is 2.34. The van der Waals surface area contributed by atoms with E-state index < -0.39 is 6.10 Å². The lowest BCUT2D eigenvalue weighted by Crippen LogP contribution is -2.24. The largest absolute Gasteiger partial charge is 0.390 e. The second kappa shape index (κ2) is 11.4. The third kappa shape index (κ3) is 6.24. The van der Waals surface area contributed by atoms with Crippen LogP contribution in [0.5, 0.6) is 0 Å². The summed E-state index contributed by atoms with van der Waals surface area (Å²) in [6.45, 7) is 3.75. The molecule has 0 amide bonds. The molecule has 2 rings (SSSR count). The van der Waals surface area contributed by atoms with Crippen LogP contribution in [0.4, 0.5) is 0 Å². The van der Waals surface area contributed by atoms with Crippen LogP contribution in [-0.4, -0.2) is 43.2 Å². The molecule has 0 spiro atoms. The van der Waals surface area contributed by atoms with Crippen molar-refractivity contribution in [3.63, 3.8) is 0 Å². The van der Waals surface area contributed by atoms with E-state index in [9.17, 15) is 5.11 Å². The van der Waals surface area contributed by atoms with E-state index in [2.05, 4.69) is 27.7 Å². The molecule has 0 aromatic carbocycles. The average Bonchev–Trinajstić information content (AvgIpc) is 2.96. The first-order valence-corrected chi connectivity index (χ1v) is 9.79. The molecule has 0 radical (unpaired) electrons. The highest BCUT2D eigenvalue weighted by Crippen LogP contribution is 2.31. The molecule has 4 nitrogen and oxygen atoms in total. The molecular formula is C19H33O4P. The van der Waals surface area contributed by atoms with E-state index in [-0.39, 0.29) is 18.1 Å². The Labute approximate surface area is 148 Å². The molecule has 1 saturated carbocycles. The standard InChI is InChI=1S/C19H33O4P/c1-2-21-13-7-6-10-16-17(20)14-22-19(16)12-11-18(23-24)15-8-4-3-5-9-15/h6-7,11-12,15-20H,2-5,8-10,13-14,24H2,1H3/b7-6-,12-11+/t16-,17?,18?,19+/m0/s1. The monoisotopic (exact) mass is 356 g/mol. The predicted molar refractivity (Wildman–Crippen MR) is 99.8 cm³/mol. The van der Waals surface area contributed by atoms with E-state index in [4.69, 9.17) is 14.0 Å². The number of hydrogen-bond acceptors (Lipinski definition) is 4. The molecule has 2 fully saturated rings. The van der Waals surface area contributed by atoms with Crippen LogP contribution in [0.3, 0.4) is 0 Å². The summed E-state index contributed by atoms with van der Waals surface area (Å²) >= 11 is 0. The molecule has 2 aliphatic rings. The summed E-state index contributed by atoms with van der Waals surface area (Å²) in [6, 6.07) is 0. The van der Waals surface area contributed by atoms with Crippen LogP contribution >= 0.6 is 9.47 Å². The predicted octanol–water partition coefficient (Wildman–Crippen LogP) is 3.66. The zero-order valence-corrected chi connectivity index (χ0v) is 16.0. The van der Waals surface area contributed by atoms with Crippen LogP contribution in [0.1, 0.15) is 45.4 Å². The molecule has 5 atom stereocenters. The van der Waals surface area contributed by atoms with E-state index in [1.807, 2.05) is 13.0 Å². The Morgan fingerprint density at radius 1 is 1.25 bits per heavy atom. The highest BCUT2D eigenvalue weighted by molar-refractivity contribution is 7.09. The number of aliphatic hydroxyl groups excluding tert-OH is 1. The molecule has 1 aliphatic carbocycles. The summed E-state index contributed by atoms with van der Waals surface area (Å²) in [5.41, 5.74) is 0. The Bertz CT molecular complexity index is 393. The van der Waals surface area contributed by atoms with Crippen LogP contribution in [0, 0.1) is 11.8 Å². The van der Waals surface area contributed by atoms with Crippen LogP contribution in [-0.2, 0) is 14.0 Å². The van der Waals surface area contributed by atoms with Crippen molar-refractivity contribution >= 4 is 9.47 Å². The van der Waals surface area contributed by atoms with Crippen molar-refractivity contribution < 1.29 is 19.1 Å². The fourth-order valence-corrected chi connectivity index (χ4v) is 3.98. The molecule has 0 bridgehead atoms. The minimum Gasteiger partial charge on any atom is -0.390 e. The van der Waals surface area contributed by atoms with Crippen LogP contribution < -0.4 is 0 Å². The summed E-state index contributed by atoms with van der Waals surface area (Å²) in [6.07, 6.45) is 15.3. The topological polar surface area (TPSA) is 47.9 Å². The summed E-state index contributed by atoms with van der Waals surface area (Å²) in [5, 5.41) is 10.2. The Morgan fingerprint density at radius 3 is 2.75 bits per heavy atom. The lowest BCUT2D eigenvalue weighted by Gasteiger charge is -2.27. The highest BCUT2D eigenvalue weighted by atomic mass is 31.0. The second-order valence-electron chi connectivity index (χ2n) is 6.78. The number of aliphatic hydroxyl groups is 1. The normalized spacial score (nSPS) is 30.5. The molecule has 3 unspecified atom stereocenters. The maximum absolute atomic E-state index is 10.2. The first kappa shape index (κ1) is 20.1. The molecule has 0 aromatic heterocycles. The smallest absolute Gasteiger partial charge is 0.0832 e. The van der Waals surface area contributed by atoms with E-state index in [1.54, 1.807) is 0 Å². The molecule has 0 aromatic rings. The zero-order chi connectivity index (χ0) is 17.2. The molecule has 1 aliphatic heterocycles. The zero-order valence-electron chi connectivity index (χ0n) is 14.8. The molecule has 1 saturated heterocycles. The van der Waals surface area contributed by atoms with Gasteiger partial charge in [-0.3, -0.25) is 0 Å². The number of rotatable bonds is 9. The van der Waals surface area contributed by atoms with Gasteiger partial charge in [-0.2, -0.15) is 0 Å². The molecule has 1 N–H and O–H groups in total. The van der Waals surface area contributed by atoms with Crippen molar-refractivity contribution in [3.05, 3.63) is 24.3 Å². The number of hydrogen-bond donors (Lipinski definition) is 1. The lowest BCUT2D eigenvalue weighted by atomic mass is 9.84. The van der Waals surface area contributed by atoms with Crippen molar-refractivity contribution in [2.75, 3.05) is 19.8 Å². The maximum Gasteiger partial charge on any atom is 0.0832 e. The number of allylic oxidation sites excluding steroid dienone is 1. The minimum absolute atomic E-state index is 0.0389. The van der Waals surface area contributed by atoms with Crippen LogP contribution in [0.15, 0.2) is 24.3 Å². The quantitative estimate of drug-likeness (QED) is 0.389. The van der Waals surface area contributed by atoms with Crippen molar-refractivity contribution in [3.8, 4) is 0 Å². The summed E-state index contributed by atoms with van der Waals surface area (Å²) in [4.78, 5) is 0. The molecule has 24 heavy (non-hydrogen) atoms. The van der Waals surface area contributed by atoms with Gasteiger partial charge < -0.3 is 19.1 Å². The first-order valence-electron chi connectivity index (χ1n) is 9.32. The Hall–Kier alpha value is -0.250. The second-order valence-corrected chi connectivity index (χ2v) is 7.05. The SMILES string of the molecule is CCOC/C=C\C[C@H]1C(O)CO[C@@H]1/C=C/C(OP)C1CCCCC1. The summed E-state index contributed by atoms with van der Waals surface area (Å²) in [5.74, 6) is 0.707. The van der Waals surface area contributed by atoms with Crippen molar-refractivity contribution in [1.29, 1.82) is 0 Å². The minimum atomic E-state index is -0.401. The van der Waals surface area contributed by atoms with Gasteiger partial charge in [0.1, 0.15) is 0 Å². The van der Waals surface area contributed by atoms with E-state index in [1.165, 1.54) is 32.1 Å². The van der Waals surface area contributed by atoms with Gasteiger partial charge in [0.15, 0.2) is 0 Å². The summed E-state index contributed by atoms with van der Waals surface area (Å²) in [7, 11) is 2.41. The third-order valence-electron chi connectivity index (χ3n) is 5.13. The Morgan fingerprint density at radius 2 is 2.04 bits per heavy atom. The molecule has 1 heterocycles. The Kier molecular flexibility index (Phi) is 9.52. The van der Waals surface area contributed by atoms with E-state index in [0.29, 0.717) is 19.1 Å². The van der Waals surface area contributed by atoms with Gasteiger partial charge in [0.25, 0.3) is 0 Å². The lowest BCUT2D eigenvalue weighted by molar-refractivity contribution is 0.106. The van der Waals surface area contributed by atoms with Gasteiger partial charge in [0, 0.05) is 22.0 Å². The van der Waals surface area contributed by atoms with Crippen molar-refractivity contribution in [1.82, 2.24) is 0 Å². The van der Waals surface area contributed by atoms with Crippen molar-refractivity contribution in [2.24, 2.45) is 11.8 Å². The maximum atomic E-state index is 10.2. The van der Waals surface area contributed by atoms with Gasteiger partial charge in [-0.25, -0.2) is 0 Å². The van der Waals surface area contributed by atoms with Crippen molar-refractivity contribution in [2.45, 2.75) is 63.8 Å². The fraction of sp³-hybridized carbons (Fsp3) is 0.789. The Balaban J connectivity index is 1.86.